The third-order valence-corrected chi connectivity index (χ3v) is 8.62. The van der Waals surface area contributed by atoms with E-state index >= 15 is 0 Å². The lowest BCUT2D eigenvalue weighted by atomic mass is 10.1. The van der Waals surface area contributed by atoms with Gasteiger partial charge in [-0.3, -0.25) is 0 Å². The van der Waals surface area contributed by atoms with E-state index in [9.17, 15) is 13.7 Å². The first-order valence-corrected chi connectivity index (χ1v) is 13.1. The smallest absolute Gasteiger partial charge is 0.244 e. The monoisotopic (exact) mass is 483 g/mol. The fourth-order valence-electron chi connectivity index (χ4n) is 4.67. The summed E-state index contributed by atoms with van der Waals surface area (Å²) in [5.74, 6) is 1.52. The van der Waals surface area contributed by atoms with E-state index in [0.29, 0.717) is 32.1 Å². The highest BCUT2D eigenvalue weighted by Crippen LogP contribution is 2.32. The predicted octanol–water partition coefficient (Wildman–Crippen LogP) is 0.684. The number of ether oxygens (including phenoxy) is 1. The molecule has 2 aromatic rings. The molecule has 10 nitrogen and oxygen atoms in total. The predicted molar refractivity (Wildman–Crippen MR) is 127 cm³/mol. The van der Waals surface area contributed by atoms with E-state index in [1.807, 2.05) is 6.07 Å². The SMILES string of the molecule is CN1CCN(c2nc(N3CCOCC3)nc3c2CN(S(=O)(=O)c2ccccc2C#N)CC3)CC1. The van der Waals surface area contributed by atoms with Crippen LogP contribution in [0.15, 0.2) is 29.2 Å². The lowest BCUT2D eigenvalue weighted by molar-refractivity contribution is 0.122. The molecule has 11 heteroatoms. The molecule has 0 N–H and O–H groups in total. The van der Waals surface area contributed by atoms with Gasteiger partial charge < -0.3 is 19.4 Å². The molecule has 0 saturated carbocycles. The number of aromatic nitrogens is 2. The van der Waals surface area contributed by atoms with Gasteiger partial charge in [0.05, 0.1) is 29.4 Å². The van der Waals surface area contributed by atoms with Gasteiger partial charge in [0.1, 0.15) is 11.9 Å². The van der Waals surface area contributed by atoms with E-state index < -0.39 is 10.0 Å². The second-order valence-electron chi connectivity index (χ2n) is 8.86. The highest BCUT2D eigenvalue weighted by atomic mass is 32.2. The van der Waals surface area contributed by atoms with Crippen molar-refractivity contribution in [2.75, 3.05) is 75.9 Å². The number of rotatable bonds is 4. The number of likely N-dealkylation sites (N-methyl/N-ethyl adjacent to an activating group) is 1. The zero-order valence-electron chi connectivity index (χ0n) is 19.4. The quantitative estimate of drug-likeness (QED) is 0.621. The molecule has 180 valence electrons. The van der Waals surface area contributed by atoms with E-state index in [0.717, 1.165) is 56.3 Å². The standard InChI is InChI=1S/C23H29N7O3S/c1-27-8-10-28(11-9-27)22-19-17-30(34(31,32)21-5-3-2-4-18(21)16-24)7-6-20(19)25-23(26-22)29-12-14-33-15-13-29/h2-5H,6-15,17H2,1H3. The van der Waals surface area contributed by atoms with Gasteiger partial charge in [-0.25, -0.2) is 13.4 Å². The van der Waals surface area contributed by atoms with E-state index in [-0.39, 0.29) is 17.0 Å². The van der Waals surface area contributed by atoms with Crippen LogP contribution >= 0.6 is 0 Å². The molecule has 0 amide bonds. The van der Waals surface area contributed by atoms with Gasteiger partial charge in [-0.15, -0.1) is 0 Å². The summed E-state index contributed by atoms with van der Waals surface area (Å²) < 4.78 is 34.0. The van der Waals surface area contributed by atoms with E-state index in [1.54, 1.807) is 12.1 Å². The highest BCUT2D eigenvalue weighted by molar-refractivity contribution is 7.89. The number of morpholine rings is 1. The van der Waals surface area contributed by atoms with Crippen molar-refractivity contribution < 1.29 is 13.2 Å². The molecular formula is C23H29N7O3S. The van der Waals surface area contributed by atoms with Gasteiger partial charge in [-0.2, -0.15) is 14.6 Å². The Morgan fingerprint density at radius 2 is 1.71 bits per heavy atom. The summed E-state index contributed by atoms with van der Waals surface area (Å²) in [6.07, 6.45) is 0.504. The number of nitrogens with zero attached hydrogens (tertiary/aromatic N) is 7. The third kappa shape index (κ3) is 4.34. The Kier molecular flexibility index (Phi) is 6.40. The van der Waals surface area contributed by atoms with Crippen LogP contribution in [-0.2, 0) is 27.7 Å². The van der Waals surface area contributed by atoms with Gasteiger partial charge in [0.25, 0.3) is 0 Å². The van der Waals surface area contributed by atoms with Crippen molar-refractivity contribution in [1.82, 2.24) is 19.2 Å². The average molecular weight is 484 g/mol. The van der Waals surface area contributed by atoms with Crippen molar-refractivity contribution in [3.63, 3.8) is 0 Å². The van der Waals surface area contributed by atoms with Crippen LogP contribution in [0.3, 0.4) is 0 Å². The van der Waals surface area contributed by atoms with E-state index in [2.05, 4.69) is 21.7 Å². The molecule has 0 bridgehead atoms. The zero-order chi connectivity index (χ0) is 23.7. The summed E-state index contributed by atoms with van der Waals surface area (Å²) in [6.45, 7) is 6.78. The second-order valence-corrected chi connectivity index (χ2v) is 10.8. The Labute approximate surface area is 200 Å². The summed E-state index contributed by atoms with van der Waals surface area (Å²) in [4.78, 5) is 16.6. The van der Waals surface area contributed by atoms with E-state index in [1.165, 1.54) is 16.4 Å². The number of benzene rings is 1. The maximum absolute atomic E-state index is 13.5. The Balaban J connectivity index is 1.52. The van der Waals surface area contributed by atoms with Crippen LogP contribution in [0.2, 0.25) is 0 Å². The van der Waals surface area contributed by atoms with Crippen LogP contribution in [0.25, 0.3) is 0 Å². The second kappa shape index (κ2) is 9.46. The number of fused-ring (bicyclic) bond motifs is 1. The minimum absolute atomic E-state index is 0.0490. The normalized spacial score (nSPS) is 20.1. The first-order valence-electron chi connectivity index (χ1n) is 11.6. The Morgan fingerprint density at radius 3 is 2.44 bits per heavy atom. The molecule has 1 aromatic carbocycles. The van der Waals surface area contributed by atoms with Gasteiger partial charge in [0, 0.05) is 64.3 Å². The molecule has 1 aromatic heterocycles. The van der Waals surface area contributed by atoms with Crippen molar-refractivity contribution in [3.8, 4) is 6.07 Å². The van der Waals surface area contributed by atoms with Crippen molar-refractivity contribution >= 4 is 21.8 Å². The zero-order valence-corrected chi connectivity index (χ0v) is 20.2. The van der Waals surface area contributed by atoms with Crippen molar-refractivity contribution in [3.05, 3.63) is 41.1 Å². The minimum Gasteiger partial charge on any atom is -0.378 e. The molecule has 0 spiro atoms. The van der Waals surface area contributed by atoms with Gasteiger partial charge in [-0.1, -0.05) is 12.1 Å². The molecule has 0 unspecified atom stereocenters. The van der Waals surface area contributed by atoms with Gasteiger partial charge in [-0.05, 0) is 19.2 Å². The number of piperazine rings is 1. The Bertz CT molecular complexity index is 1200. The number of sulfonamides is 1. The minimum atomic E-state index is -3.83. The summed E-state index contributed by atoms with van der Waals surface area (Å²) in [6, 6.07) is 8.38. The largest absolute Gasteiger partial charge is 0.378 e. The molecule has 2 fully saturated rings. The summed E-state index contributed by atoms with van der Waals surface area (Å²) >= 11 is 0. The molecule has 0 aliphatic carbocycles. The summed E-state index contributed by atoms with van der Waals surface area (Å²) in [5, 5.41) is 9.45. The van der Waals surface area contributed by atoms with Crippen LogP contribution in [-0.4, -0.2) is 93.7 Å². The maximum atomic E-state index is 13.5. The molecule has 34 heavy (non-hydrogen) atoms. The number of hydrogen-bond acceptors (Lipinski definition) is 9. The number of anilines is 2. The molecule has 2 saturated heterocycles. The molecular weight excluding hydrogens is 454 g/mol. The van der Waals surface area contributed by atoms with Gasteiger partial charge in [0.15, 0.2) is 0 Å². The lowest BCUT2D eigenvalue weighted by Crippen LogP contribution is -2.46. The highest BCUT2D eigenvalue weighted by Gasteiger charge is 2.34. The van der Waals surface area contributed by atoms with Crippen molar-refractivity contribution in [2.24, 2.45) is 0 Å². The third-order valence-electron chi connectivity index (χ3n) is 6.71. The van der Waals surface area contributed by atoms with Crippen LogP contribution in [0.1, 0.15) is 16.8 Å². The number of hydrogen-bond donors (Lipinski definition) is 0. The van der Waals surface area contributed by atoms with Gasteiger partial charge in [0.2, 0.25) is 16.0 Å². The molecule has 0 atom stereocenters. The Hall–Kier alpha value is -2.78. The van der Waals surface area contributed by atoms with Gasteiger partial charge >= 0.3 is 0 Å². The van der Waals surface area contributed by atoms with Crippen LogP contribution in [0.4, 0.5) is 11.8 Å². The molecule has 3 aliphatic rings. The molecule has 4 heterocycles. The summed E-state index contributed by atoms with van der Waals surface area (Å²) in [5.41, 5.74) is 1.93. The fraction of sp³-hybridized carbons (Fsp3) is 0.522. The first-order chi connectivity index (χ1) is 16.5. The fourth-order valence-corrected chi connectivity index (χ4v) is 6.22. The van der Waals surface area contributed by atoms with Crippen molar-refractivity contribution in [1.29, 1.82) is 5.26 Å². The molecule has 5 rings (SSSR count). The first kappa shape index (κ1) is 23.0. The number of nitriles is 1. The van der Waals surface area contributed by atoms with E-state index in [4.69, 9.17) is 14.7 Å². The molecule has 3 aliphatic heterocycles. The van der Waals surface area contributed by atoms with Crippen LogP contribution < -0.4 is 9.80 Å². The van der Waals surface area contributed by atoms with Crippen LogP contribution in [0, 0.1) is 11.3 Å². The van der Waals surface area contributed by atoms with Crippen molar-refractivity contribution in [2.45, 2.75) is 17.9 Å². The molecule has 0 radical (unpaired) electrons. The maximum Gasteiger partial charge on any atom is 0.244 e. The Morgan fingerprint density at radius 1 is 0.971 bits per heavy atom. The topological polar surface area (TPSA) is 106 Å². The lowest BCUT2D eigenvalue weighted by Gasteiger charge is -2.37. The average Bonchev–Trinajstić information content (AvgIpc) is 2.88. The summed E-state index contributed by atoms with van der Waals surface area (Å²) in [7, 11) is -1.73. The van der Waals surface area contributed by atoms with Crippen LogP contribution in [0.5, 0.6) is 0 Å².